The van der Waals surface area contributed by atoms with Gasteiger partial charge in [0.1, 0.15) is 6.26 Å². The zero-order valence-corrected chi connectivity index (χ0v) is 11.1. The van der Waals surface area contributed by atoms with E-state index in [4.69, 9.17) is 9.26 Å². The highest BCUT2D eigenvalue weighted by Gasteiger charge is 2.04. The van der Waals surface area contributed by atoms with Crippen LogP contribution in [-0.2, 0) is 11.3 Å². The highest BCUT2D eigenvalue weighted by molar-refractivity contribution is 4.94. The summed E-state index contributed by atoms with van der Waals surface area (Å²) in [6.45, 7) is 4.41. The van der Waals surface area contributed by atoms with E-state index in [1.54, 1.807) is 6.07 Å². The molecule has 0 radical (unpaired) electrons. The average molecular weight is 256 g/mol. The fourth-order valence-electron chi connectivity index (χ4n) is 1.60. The minimum atomic E-state index is -0.469. The largest absolute Gasteiger partial charge is 0.389 e. The van der Waals surface area contributed by atoms with Gasteiger partial charge in [-0.3, -0.25) is 0 Å². The Balaban J connectivity index is 1.89. The number of aromatic nitrogens is 1. The maximum Gasteiger partial charge on any atom is 0.124 e. The summed E-state index contributed by atoms with van der Waals surface area (Å²) in [5, 5.41) is 16.5. The molecule has 0 bridgehead atoms. The van der Waals surface area contributed by atoms with Crippen molar-refractivity contribution in [1.29, 1.82) is 0 Å². The average Bonchev–Trinajstić information content (AvgIpc) is 2.87. The Morgan fingerprint density at radius 2 is 2.33 bits per heavy atom. The van der Waals surface area contributed by atoms with Crippen LogP contribution in [0, 0.1) is 0 Å². The first-order valence-corrected chi connectivity index (χ1v) is 6.68. The fourth-order valence-corrected chi connectivity index (χ4v) is 1.60. The summed E-state index contributed by atoms with van der Waals surface area (Å²) in [6, 6.07) is 1.80. The van der Waals surface area contributed by atoms with E-state index < -0.39 is 6.10 Å². The van der Waals surface area contributed by atoms with E-state index >= 15 is 0 Å². The van der Waals surface area contributed by atoms with Gasteiger partial charge in [-0.25, -0.2) is 0 Å². The van der Waals surface area contributed by atoms with Crippen molar-refractivity contribution >= 4 is 0 Å². The third-order valence-corrected chi connectivity index (χ3v) is 2.63. The van der Waals surface area contributed by atoms with Crippen molar-refractivity contribution in [2.75, 3.05) is 19.8 Å². The van der Waals surface area contributed by atoms with Crippen molar-refractivity contribution in [3.63, 3.8) is 0 Å². The van der Waals surface area contributed by atoms with Gasteiger partial charge in [0.25, 0.3) is 0 Å². The van der Waals surface area contributed by atoms with Crippen LogP contribution in [0.25, 0.3) is 0 Å². The Kier molecular flexibility index (Phi) is 8.46. The Bertz CT molecular complexity index is 278. The highest BCUT2D eigenvalue weighted by Crippen LogP contribution is 1.99. The fraction of sp³-hybridized carbons (Fsp3) is 0.769. The zero-order valence-electron chi connectivity index (χ0n) is 11.1. The molecule has 0 aliphatic heterocycles. The second-order valence-corrected chi connectivity index (χ2v) is 4.41. The zero-order chi connectivity index (χ0) is 13.1. The smallest absolute Gasteiger partial charge is 0.124 e. The van der Waals surface area contributed by atoms with E-state index in [9.17, 15) is 5.11 Å². The molecule has 1 unspecified atom stereocenters. The molecular weight excluding hydrogens is 232 g/mol. The van der Waals surface area contributed by atoms with Gasteiger partial charge in [0, 0.05) is 25.8 Å². The first-order valence-electron chi connectivity index (χ1n) is 6.68. The molecule has 1 aromatic rings. The molecule has 1 rings (SSSR count). The molecule has 104 valence electrons. The summed E-state index contributed by atoms with van der Waals surface area (Å²) in [4.78, 5) is 0. The van der Waals surface area contributed by atoms with Gasteiger partial charge in [0.05, 0.1) is 18.4 Å². The van der Waals surface area contributed by atoms with Gasteiger partial charge in [0.2, 0.25) is 0 Å². The first kappa shape index (κ1) is 15.1. The molecule has 5 heteroatoms. The molecule has 0 spiro atoms. The maximum absolute atomic E-state index is 9.65. The molecule has 0 aliphatic carbocycles. The van der Waals surface area contributed by atoms with Gasteiger partial charge in [-0.05, 0) is 6.42 Å². The number of hydrogen-bond donors (Lipinski definition) is 2. The Morgan fingerprint density at radius 1 is 1.44 bits per heavy atom. The minimum Gasteiger partial charge on any atom is -0.389 e. The Morgan fingerprint density at radius 3 is 3.06 bits per heavy atom. The summed E-state index contributed by atoms with van der Waals surface area (Å²) in [7, 11) is 0. The number of nitrogens with one attached hydrogen (secondary N) is 1. The topological polar surface area (TPSA) is 67.5 Å². The molecule has 0 saturated heterocycles. The summed E-state index contributed by atoms with van der Waals surface area (Å²) in [6.07, 6.45) is 5.83. The third kappa shape index (κ3) is 7.42. The van der Waals surface area contributed by atoms with Crippen molar-refractivity contribution < 1.29 is 14.4 Å². The van der Waals surface area contributed by atoms with Crippen LogP contribution in [-0.4, -0.2) is 36.1 Å². The lowest BCUT2D eigenvalue weighted by molar-refractivity contribution is 0.0352. The van der Waals surface area contributed by atoms with Crippen LogP contribution in [0.5, 0.6) is 0 Å². The predicted octanol–water partition coefficient (Wildman–Crippen LogP) is 1.72. The molecule has 18 heavy (non-hydrogen) atoms. The lowest BCUT2D eigenvalue weighted by Crippen LogP contribution is -2.30. The third-order valence-electron chi connectivity index (χ3n) is 2.63. The van der Waals surface area contributed by atoms with Gasteiger partial charge < -0.3 is 19.7 Å². The van der Waals surface area contributed by atoms with Crippen molar-refractivity contribution in [2.24, 2.45) is 0 Å². The maximum atomic E-state index is 9.65. The number of aliphatic hydroxyl groups is 1. The second-order valence-electron chi connectivity index (χ2n) is 4.41. The van der Waals surface area contributed by atoms with Crippen molar-refractivity contribution in [2.45, 2.75) is 45.3 Å². The van der Waals surface area contributed by atoms with Crippen molar-refractivity contribution in [3.05, 3.63) is 18.0 Å². The first-order chi connectivity index (χ1) is 8.83. The number of unbranched alkanes of at least 4 members (excludes halogenated alkanes) is 3. The molecule has 0 saturated carbocycles. The molecule has 1 aromatic heterocycles. The molecule has 0 aromatic carbocycles. The Hall–Kier alpha value is -0.910. The van der Waals surface area contributed by atoms with Crippen molar-refractivity contribution in [1.82, 2.24) is 10.5 Å². The van der Waals surface area contributed by atoms with Gasteiger partial charge >= 0.3 is 0 Å². The quantitative estimate of drug-likeness (QED) is 0.590. The monoisotopic (exact) mass is 256 g/mol. The summed E-state index contributed by atoms with van der Waals surface area (Å²) < 4.78 is 10.1. The van der Waals surface area contributed by atoms with Gasteiger partial charge in [0.15, 0.2) is 0 Å². The summed E-state index contributed by atoms with van der Waals surface area (Å²) in [5.74, 6) is 0. The molecule has 0 amide bonds. The molecule has 1 atom stereocenters. The van der Waals surface area contributed by atoms with Crippen LogP contribution in [0.2, 0.25) is 0 Å². The molecular formula is C13H24N2O3. The van der Waals surface area contributed by atoms with Crippen LogP contribution in [0.15, 0.2) is 16.9 Å². The Labute approximate surface area is 109 Å². The van der Waals surface area contributed by atoms with Gasteiger partial charge in [-0.15, -0.1) is 0 Å². The normalized spacial score (nSPS) is 12.8. The highest BCUT2D eigenvalue weighted by atomic mass is 16.5. The van der Waals surface area contributed by atoms with Gasteiger partial charge in [-0.1, -0.05) is 31.3 Å². The number of aliphatic hydroxyl groups excluding tert-OH is 1. The number of nitrogens with zero attached hydrogens (tertiary/aromatic N) is 1. The van der Waals surface area contributed by atoms with E-state index in [-0.39, 0.29) is 0 Å². The van der Waals surface area contributed by atoms with Gasteiger partial charge in [-0.2, -0.15) is 0 Å². The molecule has 0 fully saturated rings. The van der Waals surface area contributed by atoms with Crippen LogP contribution < -0.4 is 5.32 Å². The molecule has 5 nitrogen and oxygen atoms in total. The second kappa shape index (κ2) is 10.1. The minimum absolute atomic E-state index is 0.387. The molecule has 0 aliphatic rings. The van der Waals surface area contributed by atoms with Crippen LogP contribution in [0.3, 0.4) is 0 Å². The van der Waals surface area contributed by atoms with E-state index in [0.29, 0.717) is 19.7 Å². The number of ether oxygens (including phenoxy) is 1. The van der Waals surface area contributed by atoms with Crippen LogP contribution in [0.4, 0.5) is 0 Å². The van der Waals surface area contributed by atoms with Crippen molar-refractivity contribution in [3.8, 4) is 0 Å². The number of rotatable bonds is 11. The van der Waals surface area contributed by atoms with E-state index in [1.807, 2.05) is 0 Å². The summed E-state index contributed by atoms with van der Waals surface area (Å²) >= 11 is 0. The molecule has 1 heterocycles. The number of hydrogen-bond acceptors (Lipinski definition) is 5. The molecule has 2 N–H and O–H groups in total. The van der Waals surface area contributed by atoms with Crippen LogP contribution >= 0.6 is 0 Å². The SMILES string of the molecule is CCCCCCOCC(O)CNCc1ccon1. The lowest BCUT2D eigenvalue weighted by atomic mass is 10.2. The van der Waals surface area contributed by atoms with E-state index in [2.05, 4.69) is 17.4 Å². The summed E-state index contributed by atoms with van der Waals surface area (Å²) in [5.41, 5.74) is 0.836. The van der Waals surface area contributed by atoms with Crippen LogP contribution in [0.1, 0.15) is 38.3 Å². The predicted molar refractivity (Wildman–Crippen MR) is 69.2 cm³/mol. The van der Waals surface area contributed by atoms with E-state index in [1.165, 1.54) is 25.5 Å². The lowest BCUT2D eigenvalue weighted by Gasteiger charge is -2.11. The van der Waals surface area contributed by atoms with E-state index in [0.717, 1.165) is 18.7 Å². The standard InChI is InChI=1S/C13H24N2O3/c1-2-3-4-5-7-17-11-13(16)10-14-9-12-6-8-18-15-12/h6,8,13-14,16H,2-5,7,9-11H2,1H3.